The minimum atomic E-state index is -0.252. The van der Waals surface area contributed by atoms with E-state index in [1.54, 1.807) is 19.0 Å². The lowest BCUT2D eigenvalue weighted by molar-refractivity contribution is -0.145. The molecule has 0 bridgehead atoms. The summed E-state index contributed by atoms with van der Waals surface area (Å²) in [5.41, 5.74) is 1.29. The maximum atomic E-state index is 12.7. The van der Waals surface area contributed by atoms with E-state index >= 15 is 0 Å². The van der Waals surface area contributed by atoms with Crippen molar-refractivity contribution in [3.8, 4) is 0 Å². The topological polar surface area (TPSA) is 43.9 Å². The van der Waals surface area contributed by atoms with Crippen LogP contribution in [0.3, 0.4) is 0 Å². The third kappa shape index (κ3) is 3.61. The molecule has 0 spiro atoms. The van der Waals surface area contributed by atoms with E-state index in [1.807, 2.05) is 11.0 Å². The van der Waals surface area contributed by atoms with Crippen LogP contribution in [0.15, 0.2) is 30.3 Å². The second-order valence-electron chi connectivity index (χ2n) is 7.08. The first kappa shape index (κ1) is 17.0. The first-order chi connectivity index (χ1) is 11.6. The van der Waals surface area contributed by atoms with Crippen molar-refractivity contribution in [2.75, 3.05) is 27.2 Å². The highest BCUT2D eigenvalue weighted by Gasteiger charge is 2.41. The van der Waals surface area contributed by atoms with E-state index in [1.165, 1.54) is 5.56 Å². The summed E-state index contributed by atoms with van der Waals surface area (Å²) in [5, 5.41) is 0. The standard InChI is InChI=1S/C19H27N3O2/c1-20(2)19(24)17-9-8-16-10-12-21(13-11-18(23)22(16)17)14-15-6-4-3-5-7-15/h3-7,16-17H,8-14H2,1-2H3/t16-,17+/m1/s1. The second kappa shape index (κ2) is 7.34. The van der Waals surface area contributed by atoms with Crippen LogP contribution >= 0.6 is 0 Å². The molecular formula is C19H27N3O2. The van der Waals surface area contributed by atoms with E-state index in [-0.39, 0.29) is 23.9 Å². The van der Waals surface area contributed by atoms with Crippen molar-refractivity contribution >= 4 is 11.8 Å². The molecular weight excluding hydrogens is 302 g/mol. The van der Waals surface area contributed by atoms with Crippen LogP contribution in [0.2, 0.25) is 0 Å². The zero-order chi connectivity index (χ0) is 17.1. The van der Waals surface area contributed by atoms with Gasteiger partial charge in [-0.15, -0.1) is 0 Å². The Bertz CT molecular complexity index is 588. The summed E-state index contributed by atoms with van der Waals surface area (Å²) in [7, 11) is 3.54. The van der Waals surface area contributed by atoms with Crippen LogP contribution in [0.5, 0.6) is 0 Å². The lowest BCUT2D eigenvalue weighted by Crippen LogP contribution is -2.51. The van der Waals surface area contributed by atoms with Gasteiger partial charge in [-0.2, -0.15) is 0 Å². The molecule has 0 radical (unpaired) electrons. The number of benzene rings is 1. The summed E-state index contributed by atoms with van der Waals surface area (Å²) in [5.74, 6) is 0.197. The summed E-state index contributed by atoms with van der Waals surface area (Å²) in [6.07, 6.45) is 3.19. The van der Waals surface area contributed by atoms with Gasteiger partial charge in [0.15, 0.2) is 0 Å². The Morgan fingerprint density at radius 2 is 1.88 bits per heavy atom. The average molecular weight is 329 g/mol. The number of fused-ring (bicyclic) bond motifs is 1. The lowest BCUT2D eigenvalue weighted by atomic mass is 10.1. The van der Waals surface area contributed by atoms with Crippen molar-refractivity contribution < 1.29 is 9.59 Å². The largest absolute Gasteiger partial charge is 0.347 e. The van der Waals surface area contributed by atoms with Crippen molar-refractivity contribution in [1.82, 2.24) is 14.7 Å². The second-order valence-corrected chi connectivity index (χ2v) is 7.08. The molecule has 130 valence electrons. The van der Waals surface area contributed by atoms with Gasteiger partial charge in [0, 0.05) is 46.2 Å². The van der Waals surface area contributed by atoms with Crippen molar-refractivity contribution in [3.63, 3.8) is 0 Å². The molecule has 5 heteroatoms. The van der Waals surface area contributed by atoms with Crippen LogP contribution in [-0.2, 0) is 16.1 Å². The van der Waals surface area contributed by atoms with Crippen molar-refractivity contribution in [2.24, 2.45) is 0 Å². The van der Waals surface area contributed by atoms with E-state index in [0.717, 1.165) is 38.9 Å². The monoisotopic (exact) mass is 329 g/mol. The van der Waals surface area contributed by atoms with E-state index in [4.69, 9.17) is 0 Å². The molecule has 0 saturated carbocycles. The summed E-state index contributed by atoms with van der Waals surface area (Å²) in [6.45, 7) is 2.63. The van der Waals surface area contributed by atoms with Crippen LogP contribution in [0.1, 0.15) is 31.2 Å². The molecule has 0 N–H and O–H groups in total. The van der Waals surface area contributed by atoms with Crippen molar-refractivity contribution in [1.29, 1.82) is 0 Å². The number of carbonyl (C=O) groups is 2. The van der Waals surface area contributed by atoms with Gasteiger partial charge in [-0.05, 0) is 24.8 Å². The molecule has 0 aromatic heterocycles. The fourth-order valence-electron chi connectivity index (χ4n) is 3.91. The third-order valence-electron chi connectivity index (χ3n) is 5.19. The number of rotatable bonds is 3. The SMILES string of the molecule is CN(C)C(=O)[C@@H]1CC[C@@H]2CCN(Cc3ccccc3)CCC(=O)N21. The molecule has 2 fully saturated rings. The first-order valence-electron chi connectivity index (χ1n) is 8.85. The number of nitrogens with zero attached hydrogens (tertiary/aromatic N) is 3. The van der Waals surface area contributed by atoms with Gasteiger partial charge in [-0.1, -0.05) is 30.3 Å². The van der Waals surface area contributed by atoms with Gasteiger partial charge in [0.05, 0.1) is 0 Å². The fraction of sp³-hybridized carbons (Fsp3) is 0.579. The molecule has 0 unspecified atom stereocenters. The highest BCUT2D eigenvalue weighted by Crippen LogP contribution is 2.30. The maximum absolute atomic E-state index is 12.7. The lowest BCUT2D eigenvalue weighted by Gasteiger charge is -2.35. The Hall–Kier alpha value is -1.88. The molecule has 2 aliphatic heterocycles. The summed E-state index contributed by atoms with van der Waals surface area (Å²) < 4.78 is 0. The summed E-state index contributed by atoms with van der Waals surface area (Å²) in [6, 6.07) is 10.4. The minimum Gasteiger partial charge on any atom is -0.347 e. The van der Waals surface area contributed by atoms with Gasteiger partial charge in [0.2, 0.25) is 11.8 Å². The van der Waals surface area contributed by atoms with Gasteiger partial charge < -0.3 is 9.80 Å². The predicted molar refractivity (Wildman–Crippen MR) is 93.3 cm³/mol. The van der Waals surface area contributed by atoms with Crippen LogP contribution in [0, 0.1) is 0 Å². The Kier molecular flexibility index (Phi) is 5.19. The van der Waals surface area contributed by atoms with Crippen LogP contribution in [-0.4, -0.2) is 65.8 Å². The maximum Gasteiger partial charge on any atom is 0.244 e. The zero-order valence-electron chi connectivity index (χ0n) is 14.6. The molecule has 0 aliphatic carbocycles. The molecule has 5 nitrogen and oxygen atoms in total. The van der Waals surface area contributed by atoms with Crippen LogP contribution in [0.4, 0.5) is 0 Å². The smallest absolute Gasteiger partial charge is 0.244 e. The predicted octanol–water partition coefficient (Wildman–Crippen LogP) is 1.73. The molecule has 2 aliphatic rings. The highest BCUT2D eigenvalue weighted by atomic mass is 16.2. The van der Waals surface area contributed by atoms with Crippen LogP contribution < -0.4 is 0 Å². The molecule has 1 aromatic rings. The minimum absolute atomic E-state index is 0.0626. The third-order valence-corrected chi connectivity index (χ3v) is 5.19. The van der Waals surface area contributed by atoms with E-state index in [2.05, 4.69) is 29.2 Å². The number of hydrogen-bond donors (Lipinski definition) is 0. The number of likely N-dealkylation sites (N-methyl/N-ethyl adjacent to an activating group) is 1. The normalized spacial score (nSPS) is 25.1. The highest BCUT2D eigenvalue weighted by molar-refractivity contribution is 5.88. The van der Waals surface area contributed by atoms with Crippen molar-refractivity contribution in [2.45, 2.75) is 44.3 Å². The number of amides is 2. The van der Waals surface area contributed by atoms with Crippen molar-refractivity contribution in [3.05, 3.63) is 35.9 Å². The van der Waals surface area contributed by atoms with Gasteiger partial charge in [-0.25, -0.2) is 0 Å². The molecule has 1 aromatic carbocycles. The van der Waals surface area contributed by atoms with Gasteiger partial charge in [0.1, 0.15) is 6.04 Å². The fourth-order valence-corrected chi connectivity index (χ4v) is 3.91. The molecule has 24 heavy (non-hydrogen) atoms. The Labute approximate surface area is 144 Å². The van der Waals surface area contributed by atoms with E-state index in [9.17, 15) is 9.59 Å². The first-order valence-corrected chi connectivity index (χ1v) is 8.85. The number of hydrogen-bond acceptors (Lipinski definition) is 3. The van der Waals surface area contributed by atoms with E-state index < -0.39 is 0 Å². The van der Waals surface area contributed by atoms with Gasteiger partial charge >= 0.3 is 0 Å². The molecule has 2 saturated heterocycles. The van der Waals surface area contributed by atoms with Gasteiger partial charge in [0.25, 0.3) is 0 Å². The Morgan fingerprint density at radius 3 is 2.58 bits per heavy atom. The van der Waals surface area contributed by atoms with Gasteiger partial charge in [-0.3, -0.25) is 14.5 Å². The average Bonchev–Trinajstić information content (AvgIpc) is 2.99. The number of carbonyl (C=O) groups excluding carboxylic acids is 2. The quantitative estimate of drug-likeness (QED) is 0.848. The molecule has 2 heterocycles. The molecule has 2 amide bonds. The van der Waals surface area contributed by atoms with E-state index in [0.29, 0.717) is 6.42 Å². The molecule has 2 atom stereocenters. The summed E-state index contributed by atoms with van der Waals surface area (Å²) in [4.78, 5) is 31.0. The van der Waals surface area contributed by atoms with Crippen LogP contribution in [0.25, 0.3) is 0 Å². The molecule has 3 rings (SSSR count). The summed E-state index contributed by atoms with van der Waals surface area (Å²) >= 11 is 0. The Morgan fingerprint density at radius 1 is 1.12 bits per heavy atom. The Balaban J connectivity index is 1.66. The zero-order valence-corrected chi connectivity index (χ0v) is 14.6.